The van der Waals surface area contributed by atoms with Gasteiger partial charge in [0, 0.05) is 12.5 Å². The van der Waals surface area contributed by atoms with Gasteiger partial charge in [0.2, 0.25) is 5.91 Å². The molecule has 0 fully saturated rings. The maximum Gasteiger partial charge on any atom is 0.305 e. The Hall–Kier alpha value is -1.10. The first kappa shape index (κ1) is 28.9. The van der Waals surface area contributed by atoms with Crippen molar-refractivity contribution in [3.8, 4) is 0 Å². The molecule has 0 aromatic carbocycles. The molecule has 0 aromatic heterocycles. The molecule has 1 amide bonds. The van der Waals surface area contributed by atoms with E-state index >= 15 is 0 Å². The van der Waals surface area contributed by atoms with E-state index in [1.54, 1.807) is 0 Å². The molecule has 0 heterocycles. The molecule has 0 aliphatic heterocycles. The summed E-state index contributed by atoms with van der Waals surface area (Å²) in [4.78, 5) is 23.7. The summed E-state index contributed by atoms with van der Waals surface area (Å²) in [7, 11) is 1.37. The van der Waals surface area contributed by atoms with Crippen LogP contribution in [0.4, 0.5) is 0 Å². The van der Waals surface area contributed by atoms with Crippen molar-refractivity contribution in [1.29, 1.82) is 0 Å². The van der Waals surface area contributed by atoms with Crippen LogP contribution in [0.2, 0.25) is 0 Å². The highest BCUT2D eigenvalue weighted by molar-refractivity contribution is 5.80. The van der Waals surface area contributed by atoms with Gasteiger partial charge in [0.05, 0.1) is 7.11 Å². The van der Waals surface area contributed by atoms with E-state index < -0.39 is 6.10 Å². The maximum atomic E-state index is 12.3. The van der Waals surface area contributed by atoms with Gasteiger partial charge in [-0.05, 0) is 25.2 Å². The molecule has 0 saturated carbocycles. The van der Waals surface area contributed by atoms with Gasteiger partial charge in [0.1, 0.15) is 6.10 Å². The van der Waals surface area contributed by atoms with Crippen LogP contribution in [-0.4, -0.2) is 36.2 Å². The van der Waals surface area contributed by atoms with Crippen LogP contribution in [-0.2, 0) is 14.3 Å². The lowest BCUT2D eigenvalue weighted by Crippen LogP contribution is -2.42. The molecule has 5 heteroatoms. The molecule has 2 atom stereocenters. The van der Waals surface area contributed by atoms with E-state index in [-0.39, 0.29) is 24.3 Å². The molecule has 5 nitrogen and oxygen atoms in total. The normalized spacial score (nSPS) is 13.3. The van der Waals surface area contributed by atoms with Crippen LogP contribution in [0.15, 0.2) is 0 Å². The zero-order valence-corrected chi connectivity index (χ0v) is 20.2. The lowest BCUT2D eigenvalue weighted by atomic mass is 9.99. The Bertz CT molecular complexity index is 425. The molecule has 2 N–H and O–H groups in total. The number of hydrogen-bond acceptors (Lipinski definition) is 4. The summed E-state index contributed by atoms with van der Waals surface area (Å²) in [6.45, 7) is 6.42. The summed E-state index contributed by atoms with van der Waals surface area (Å²) in [6, 6.07) is -0.103. The number of carbonyl (C=O) groups is 2. The standard InChI is InChI=1S/C25H49NO4/c1-5-6-7-8-9-10-11-12-13-14-15-16-17-23(27)25(29)26-22(20-21(2)3)18-19-24(28)30-4/h21-23,27H,5-20H2,1-4H3,(H,26,29)/t22-,23?/m1/s1. The summed E-state index contributed by atoms with van der Waals surface area (Å²) >= 11 is 0. The Morgan fingerprint density at radius 3 is 1.80 bits per heavy atom. The third kappa shape index (κ3) is 17.7. The van der Waals surface area contributed by atoms with Crippen molar-refractivity contribution < 1.29 is 19.4 Å². The van der Waals surface area contributed by atoms with E-state index in [1.807, 2.05) is 0 Å². The molecule has 1 unspecified atom stereocenters. The fraction of sp³-hybridized carbons (Fsp3) is 0.920. The highest BCUT2D eigenvalue weighted by Gasteiger charge is 2.20. The number of aliphatic hydroxyl groups excluding tert-OH is 1. The van der Waals surface area contributed by atoms with Crippen molar-refractivity contribution in [2.24, 2.45) is 5.92 Å². The number of nitrogens with one attached hydrogen (secondary N) is 1. The molecule has 0 radical (unpaired) electrons. The maximum absolute atomic E-state index is 12.3. The first-order valence-electron chi connectivity index (χ1n) is 12.5. The number of esters is 1. The smallest absolute Gasteiger partial charge is 0.305 e. The topological polar surface area (TPSA) is 75.6 Å². The number of methoxy groups -OCH3 is 1. The van der Waals surface area contributed by atoms with Crippen molar-refractivity contribution in [2.75, 3.05) is 7.11 Å². The van der Waals surface area contributed by atoms with Crippen LogP contribution in [0.1, 0.15) is 124 Å². The predicted molar refractivity (Wildman–Crippen MR) is 124 cm³/mol. The van der Waals surface area contributed by atoms with E-state index in [2.05, 4.69) is 30.8 Å². The van der Waals surface area contributed by atoms with Gasteiger partial charge in [0.25, 0.3) is 0 Å². The summed E-state index contributed by atoms with van der Waals surface area (Å²) in [5.41, 5.74) is 0. The van der Waals surface area contributed by atoms with E-state index in [0.717, 1.165) is 19.3 Å². The third-order valence-corrected chi connectivity index (χ3v) is 5.66. The van der Waals surface area contributed by atoms with Gasteiger partial charge in [-0.15, -0.1) is 0 Å². The lowest BCUT2D eigenvalue weighted by Gasteiger charge is -2.22. The Kier molecular flexibility index (Phi) is 19.1. The molecule has 0 saturated heterocycles. The number of rotatable bonds is 20. The monoisotopic (exact) mass is 427 g/mol. The molecule has 0 spiro atoms. The van der Waals surface area contributed by atoms with Crippen molar-refractivity contribution in [3.63, 3.8) is 0 Å². The second-order valence-corrected chi connectivity index (χ2v) is 9.14. The van der Waals surface area contributed by atoms with Crippen molar-refractivity contribution in [3.05, 3.63) is 0 Å². The zero-order valence-electron chi connectivity index (χ0n) is 20.2. The van der Waals surface area contributed by atoms with E-state index in [4.69, 9.17) is 0 Å². The van der Waals surface area contributed by atoms with Crippen LogP contribution in [0.5, 0.6) is 0 Å². The van der Waals surface area contributed by atoms with E-state index in [1.165, 1.54) is 71.3 Å². The molecular weight excluding hydrogens is 378 g/mol. The SMILES string of the molecule is CCCCCCCCCCCCCCC(O)C(=O)N[C@H](CCC(=O)OC)CC(C)C. The molecular formula is C25H49NO4. The van der Waals surface area contributed by atoms with Gasteiger partial charge in [0.15, 0.2) is 0 Å². The molecule has 30 heavy (non-hydrogen) atoms. The number of aliphatic hydroxyl groups is 1. The van der Waals surface area contributed by atoms with Gasteiger partial charge in [-0.3, -0.25) is 9.59 Å². The fourth-order valence-electron chi connectivity index (χ4n) is 3.82. The van der Waals surface area contributed by atoms with E-state index in [9.17, 15) is 14.7 Å². The minimum atomic E-state index is -0.957. The zero-order chi connectivity index (χ0) is 22.6. The van der Waals surface area contributed by atoms with Gasteiger partial charge in [-0.1, -0.05) is 97.8 Å². The van der Waals surface area contributed by atoms with Gasteiger partial charge >= 0.3 is 5.97 Å². The summed E-state index contributed by atoms with van der Waals surface area (Å²) in [5.74, 6) is -0.176. The van der Waals surface area contributed by atoms with E-state index in [0.29, 0.717) is 18.8 Å². The van der Waals surface area contributed by atoms with Crippen LogP contribution in [0.25, 0.3) is 0 Å². The molecule has 0 aliphatic rings. The largest absolute Gasteiger partial charge is 0.469 e. The highest BCUT2D eigenvalue weighted by atomic mass is 16.5. The first-order chi connectivity index (χ1) is 14.4. The Labute approximate surface area is 185 Å². The molecule has 0 bridgehead atoms. The highest BCUT2D eigenvalue weighted by Crippen LogP contribution is 2.14. The number of carbonyl (C=O) groups excluding carboxylic acids is 2. The van der Waals surface area contributed by atoms with Gasteiger partial charge < -0.3 is 15.2 Å². The Morgan fingerprint density at radius 2 is 1.33 bits per heavy atom. The van der Waals surface area contributed by atoms with Crippen LogP contribution in [0.3, 0.4) is 0 Å². The summed E-state index contributed by atoms with van der Waals surface area (Å²) < 4.78 is 4.68. The van der Waals surface area contributed by atoms with Gasteiger partial charge in [-0.25, -0.2) is 0 Å². The number of ether oxygens (including phenoxy) is 1. The Morgan fingerprint density at radius 1 is 0.833 bits per heavy atom. The van der Waals surface area contributed by atoms with Crippen LogP contribution < -0.4 is 5.32 Å². The van der Waals surface area contributed by atoms with Gasteiger partial charge in [-0.2, -0.15) is 0 Å². The van der Waals surface area contributed by atoms with Crippen molar-refractivity contribution in [2.45, 2.75) is 136 Å². The first-order valence-corrected chi connectivity index (χ1v) is 12.5. The number of amides is 1. The van der Waals surface area contributed by atoms with Crippen LogP contribution in [0, 0.1) is 5.92 Å². The molecule has 0 rings (SSSR count). The summed E-state index contributed by atoms with van der Waals surface area (Å²) in [6.07, 6.45) is 16.4. The Balaban J connectivity index is 3.83. The fourth-order valence-corrected chi connectivity index (χ4v) is 3.82. The molecule has 0 aliphatic carbocycles. The number of hydrogen-bond donors (Lipinski definition) is 2. The van der Waals surface area contributed by atoms with Crippen LogP contribution >= 0.6 is 0 Å². The van der Waals surface area contributed by atoms with Crippen molar-refractivity contribution >= 4 is 11.9 Å². The molecule has 0 aromatic rings. The van der Waals surface area contributed by atoms with Crippen molar-refractivity contribution in [1.82, 2.24) is 5.32 Å². The lowest BCUT2D eigenvalue weighted by molar-refractivity contribution is -0.141. The quantitative estimate of drug-likeness (QED) is 0.187. The molecule has 178 valence electrons. The minimum Gasteiger partial charge on any atom is -0.469 e. The average Bonchev–Trinajstić information content (AvgIpc) is 2.71. The minimum absolute atomic E-state index is 0.103. The third-order valence-electron chi connectivity index (χ3n) is 5.66. The number of unbranched alkanes of at least 4 members (excludes halogenated alkanes) is 11. The predicted octanol–water partition coefficient (Wildman–Crippen LogP) is 5.92. The summed E-state index contributed by atoms with van der Waals surface area (Å²) in [5, 5.41) is 13.1. The second kappa shape index (κ2) is 19.8. The second-order valence-electron chi connectivity index (χ2n) is 9.14. The average molecular weight is 428 g/mol.